The molecular weight excluding hydrogens is 356 g/mol. The van der Waals surface area contributed by atoms with Crippen molar-refractivity contribution in [3.8, 4) is 11.5 Å². The van der Waals surface area contributed by atoms with E-state index >= 15 is 0 Å². The van der Waals surface area contributed by atoms with Gasteiger partial charge in [0, 0.05) is 17.7 Å². The Labute approximate surface area is 165 Å². The van der Waals surface area contributed by atoms with Crippen LogP contribution in [0.4, 0.5) is 0 Å². The summed E-state index contributed by atoms with van der Waals surface area (Å²) in [5.41, 5.74) is 2.69. The van der Waals surface area contributed by atoms with Crippen LogP contribution < -0.4 is 9.47 Å². The number of carbonyl (C=O) groups is 1. The predicted molar refractivity (Wildman–Crippen MR) is 109 cm³/mol. The van der Waals surface area contributed by atoms with E-state index in [0.29, 0.717) is 18.0 Å². The van der Waals surface area contributed by atoms with Gasteiger partial charge in [-0.2, -0.15) is 0 Å². The fourth-order valence-electron chi connectivity index (χ4n) is 3.08. The van der Waals surface area contributed by atoms with E-state index in [1.807, 2.05) is 53.4 Å². The van der Waals surface area contributed by atoms with Gasteiger partial charge < -0.3 is 19.1 Å². The average molecular weight is 380 g/mol. The van der Waals surface area contributed by atoms with Gasteiger partial charge in [-0.25, -0.2) is 4.99 Å². The van der Waals surface area contributed by atoms with Gasteiger partial charge in [0.05, 0.1) is 27.0 Å². The number of methoxy groups -OCH3 is 3. The molecule has 1 aliphatic rings. The van der Waals surface area contributed by atoms with Crippen LogP contribution in [0.3, 0.4) is 0 Å². The summed E-state index contributed by atoms with van der Waals surface area (Å²) >= 11 is 0. The first-order valence-corrected chi connectivity index (χ1v) is 9.04. The first-order valence-electron chi connectivity index (χ1n) is 9.04. The molecule has 6 heteroatoms. The van der Waals surface area contributed by atoms with Gasteiger partial charge in [0.1, 0.15) is 12.4 Å². The number of benzene rings is 2. The summed E-state index contributed by atoms with van der Waals surface area (Å²) in [7, 11) is 4.62. The van der Waals surface area contributed by atoms with E-state index in [4.69, 9.17) is 19.2 Å². The number of hydrogen-bond donors (Lipinski definition) is 0. The van der Waals surface area contributed by atoms with Crippen LogP contribution in [-0.2, 0) is 9.53 Å². The largest absolute Gasteiger partial charge is 0.493 e. The summed E-state index contributed by atoms with van der Waals surface area (Å²) in [5.74, 6) is 1.76. The molecule has 1 aliphatic heterocycles. The summed E-state index contributed by atoms with van der Waals surface area (Å²) < 4.78 is 15.6. The highest BCUT2D eigenvalue weighted by atomic mass is 16.5. The van der Waals surface area contributed by atoms with E-state index < -0.39 is 0 Å². The normalized spacial score (nSPS) is 13.9. The first-order chi connectivity index (χ1) is 13.7. The lowest BCUT2D eigenvalue weighted by molar-refractivity contribution is -0.140. The Kier molecular flexibility index (Phi) is 6.32. The van der Waals surface area contributed by atoms with E-state index in [0.717, 1.165) is 29.1 Å². The van der Waals surface area contributed by atoms with Gasteiger partial charge in [0.2, 0.25) is 0 Å². The van der Waals surface area contributed by atoms with Crippen LogP contribution in [0.15, 0.2) is 59.6 Å². The average Bonchev–Trinajstić information content (AvgIpc) is 2.96. The van der Waals surface area contributed by atoms with Crippen molar-refractivity contribution in [1.82, 2.24) is 4.90 Å². The fraction of sp³-hybridized carbons (Fsp3) is 0.273. The van der Waals surface area contributed by atoms with Crippen LogP contribution in [0.5, 0.6) is 11.5 Å². The van der Waals surface area contributed by atoms with Gasteiger partial charge >= 0.3 is 5.97 Å². The Morgan fingerprint density at radius 3 is 2.43 bits per heavy atom. The molecule has 0 radical (unpaired) electrons. The van der Waals surface area contributed by atoms with Gasteiger partial charge in [-0.05, 0) is 24.6 Å². The van der Waals surface area contributed by atoms with Crippen molar-refractivity contribution in [2.75, 3.05) is 34.4 Å². The van der Waals surface area contributed by atoms with Crippen LogP contribution >= 0.6 is 0 Å². The number of carbonyl (C=O) groups excluding carboxylic acids is 1. The molecule has 2 aromatic rings. The number of amidine groups is 1. The van der Waals surface area contributed by atoms with Crippen molar-refractivity contribution in [1.29, 1.82) is 0 Å². The Bertz CT molecular complexity index is 891. The Balaban J connectivity index is 2.03. The molecule has 0 unspecified atom stereocenters. The van der Waals surface area contributed by atoms with Gasteiger partial charge in [0.15, 0.2) is 11.5 Å². The van der Waals surface area contributed by atoms with Gasteiger partial charge in [-0.3, -0.25) is 4.79 Å². The lowest BCUT2D eigenvalue weighted by Crippen LogP contribution is -2.37. The third-order valence-electron chi connectivity index (χ3n) is 4.52. The zero-order valence-corrected chi connectivity index (χ0v) is 16.3. The minimum atomic E-state index is -0.293. The summed E-state index contributed by atoms with van der Waals surface area (Å²) in [6.07, 6.45) is 2.82. The molecule has 0 saturated carbocycles. The molecule has 0 aromatic heterocycles. The number of ether oxygens (including phenoxy) is 3. The van der Waals surface area contributed by atoms with Crippen molar-refractivity contribution in [3.05, 3.63) is 65.7 Å². The zero-order chi connectivity index (χ0) is 19.9. The number of hydrogen-bond acceptors (Lipinski definition) is 6. The van der Waals surface area contributed by atoms with Gasteiger partial charge in [0.25, 0.3) is 0 Å². The van der Waals surface area contributed by atoms with E-state index in [9.17, 15) is 4.79 Å². The Hall–Kier alpha value is -3.28. The van der Waals surface area contributed by atoms with Crippen LogP contribution in [0.1, 0.15) is 17.5 Å². The van der Waals surface area contributed by atoms with E-state index in [1.165, 1.54) is 7.11 Å². The molecule has 0 bridgehead atoms. The molecule has 3 rings (SSSR count). The smallest absolute Gasteiger partial charge is 0.325 e. The van der Waals surface area contributed by atoms with Crippen LogP contribution in [-0.4, -0.2) is 51.1 Å². The predicted octanol–water partition coefficient (Wildman–Crippen LogP) is 3.37. The Morgan fingerprint density at radius 2 is 1.75 bits per heavy atom. The number of rotatable bonds is 6. The van der Waals surface area contributed by atoms with Gasteiger partial charge in [-0.15, -0.1) is 0 Å². The monoisotopic (exact) mass is 380 g/mol. The minimum absolute atomic E-state index is 0.150. The molecule has 0 spiro atoms. The van der Waals surface area contributed by atoms with Crippen LogP contribution in [0, 0.1) is 0 Å². The van der Waals surface area contributed by atoms with E-state index in [2.05, 4.69) is 6.08 Å². The fourth-order valence-corrected chi connectivity index (χ4v) is 3.08. The maximum absolute atomic E-state index is 11.9. The quantitative estimate of drug-likeness (QED) is 0.719. The van der Waals surface area contributed by atoms with Crippen molar-refractivity contribution in [3.63, 3.8) is 0 Å². The lowest BCUT2D eigenvalue weighted by Gasteiger charge is -2.23. The Morgan fingerprint density at radius 1 is 1.00 bits per heavy atom. The second-order valence-electron chi connectivity index (χ2n) is 6.25. The molecule has 0 N–H and O–H groups in total. The maximum Gasteiger partial charge on any atom is 0.325 e. The van der Waals surface area contributed by atoms with E-state index in [-0.39, 0.29) is 12.5 Å². The molecule has 0 atom stereocenters. The third kappa shape index (κ3) is 4.34. The molecule has 0 amide bonds. The number of aliphatic imine (C=N–C) groups is 1. The molecule has 0 saturated heterocycles. The molecule has 6 nitrogen and oxygen atoms in total. The summed E-state index contributed by atoms with van der Waals surface area (Å²) in [6, 6.07) is 15.6. The number of nitrogens with zero attached hydrogens (tertiary/aromatic N) is 2. The lowest BCUT2D eigenvalue weighted by atomic mass is 10.1. The minimum Gasteiger partial charge on any atom is -0.493 e. The maximum atomic E-state index is 11.9. The molecule has 0 aliphatic carbocycles. The SMILES string of the molecule is COC(=O)CN1CCC=C(c2ccc(OC)c(OC)c2)N=C1c1ccccc1. The van der Waals surface area contributed by atoms with Crippen molar-refractivity contribution in [2.24, 2.45) is 4.99 Å². The van der Waals surface area contributed by atoms with Crippen molar-refractivity contribution < 1.29 is 19.0 Å². The van der Waals surface area contributed by atoms with Crippen molar-refractivity contribution >= 4 is 17.5 Å². The zero-order valence-electron chi connectivity index (χ0n) is 16.3. The molecule has 2 aromatic carbocycles. The highest BCUT2D eigenvalue weighted by molar-refractivity contribution is 6.03. The third-order valence-corrected chi connectivity index (χ3v) is 4.52. The highest BCUT2D eigenvalue weighted by Gasteiger charge is 2.20. The topological polar surface area (TPSA) is 60.4 Å². The molecule has 146 valence electrons. The summed E-state index contributed by atoms with van der Waals surface area (Å²) in [5, 5.41) is 0. The van der Waals surface area contributed by atoms with Gasteiger partial charge in [-0.1, -0.05) is 36.4 Å². The summed E-state index contributed by atoms with van der Waals surface area (Å²) in [4.78, 5) is 18.8. The molecule has 1 heterocycles. The van der Waals surface area contributed by atoms with Crippen LogP contribution in [0.2, 0.25) is 0 Å². The number of esters is 1. The second-order valence-corrected chi connectivity index (χ2v) is 6.25. The molecule has 0 fully saturated rings. The molecular formula is C22H24N2O4. The van der Waals surface area contributed by atoms with Crippen molar-refractivity contribution in [2.45, 2.75) is 6.42 Å². The molecule has 28 heavy (non-hydrogen) atoms. The summed E-state index contributed by atoms with van der Waals surface area (Å²) in [6.45, 7) is 0.816. The van der Waals surface area contributed by atoms with E-state index in [1.54, 1.807) is 14.2 Å². The highest BCUT2D eigenvalue weighted by Crippen LogP contribution is 2.32. The standard InChI is InChI=1S/C22H24N2O4/c1-26-19-12-11-17(14-20(19)27-2)18-10-7-13-24(15-21(25)28-3)22(23-18)16-8-5-4-6-9-16/h4-6,8-12,14H,7,13,15H2,1-3H3. The first kappa shape index (κ1) is 19.5. The second kappa shape index (κ2) is 9.08. The van der Waals surface area contributed by atoms with Crippen LogP contribution in [0.25, 0.3) is 5.70 Å².